The summed E-state index contributed by atoms with van der Waals surface area (Å²) >= 11 is 0. The van der Waals surface area contributed by atoms with Gasteiger partial charge in [-0.05, 0) is 53.6 Å². The quantitative estimate of drug-likeness (QED) is 0.348. The van der Waals surface area contributed by atoms with Crippen LogP contribution in [0.25, 0.3) is 22.0 Å². The number of aromatic nitrogens is 2. The van der Waals surface area contributed by atoms with Crippen molar-refractivity contribution in [1.29, 1.82) is 0 Å². The second-order valence-corrected chi connectivity index (χ2v) is 8.77. The summed E-state index contributed by atoms with van der Waals surface area (Å²) in [4.78, 5) is 8.45. The number of phenols is 1. The molecule has 0 spiro atoms. The number of hydrogen-bond donors (Lipinski definition) is 3. The zero-order valence-corrected chi connectivity index (χ0v) is 18.3. The van der Waals surface area contributed by atoms with E-state index in [1.165, 1.54) is 42.4 Å². The fourth-order valence-electron chi connectivity index (χ4n) is 3.20. The maximum Gasteiger partial charge on any atom is 0.516 e. The van der Waals surface area contributed by atoms with Crippen LogP contribution in [0.15, 0.2) is 67.0 Å². The molecule has 1 aromatic heterocycles. The summed E-state index contributed by atoms with van der Waals surface area (Å²) in [6.45, 7) is 0. The van der Waals surface area contributed by atoms with Crippen molar-refractivity contribution in [3.05, 3.63) is 67.0 Å². The second-order valence-electron chi connectivity index (χ2n) is 7.10. The lowest BCUT2D eigenvalue weighted by atomic mass is 10.0. The number of alkyl halides is 3. The first-order valence-corrected chi connectivity index (χ1v) is 11.1. The Kier molecular flexibility index (Phi) is 5.92. The lowest BCUT2D eigenvalue weighted by molar-refractivity contribution is -0.0429. The van der Waals surface area contributed by atoms with Crippen molar-refractivity contribution >= 4 is 38.1 Å². The van der Waals surface area contributed by atoms with Gasteiger partial charge in [0.05, 0.1) is 18.3 Å². The minimum atomic E-state index is -5.55. The molecule has 0 saturated heterocycles. The van der Waals surface area contributed by atoms with Gasteiger partial charge in [0.25, 0.3) is 0 Å². The Hall–Kier alpha value is -4.06. The molecular formula is C22H17F3N4O4S. The van der Waals surface area contributed by atoms with Crippen LogP contribution in [-0.4, -0.2) is 36.1 Å². The zero-order chi connectivity index (χ0) is 24.5. The van der Waals surface area contributed by atoms with E-state index in [0.29, 0.717) is 28.2 Å². The molecule has 0 amide bonds. The average molecular weight is 490 g/mol. The summed E-state index contributed by atoms with van der Waals surface area (Å²) in [5, 5.41) is 13.4. The lowest BCUT2D eigenvalue weighted by Gasteiger charge is -2.13. The number of benzene rings is 3. The smallest absolute Gasteiger partial charge is 0.504 e. The molecule has 0 radical (unpaired) electrons. The monoisotopic (exact) mass is 490 g/mol. The van der Waals surface area contributed by atoms with Crippen LogP contribution in [0.5, 0.6) is 11.5 Å². The van der Waals surface area contributed by atoms with Crippen molar-refractivity contribution < 1.29 is 31.4 Å². The van der Waals surface area contributed by atoms with E-state index in [2.05, 4.69) is 15.3 Å². The normalized spacial score (nSPS) is 11.9. The molecule has 34 heavy (non-hydrogen) atoms. The third kappa shape index (κ3) is 4.66. The number of aromatic hydroxyl groups is 1. The topological polar surface area (TPSA) is 113 Å². The number of hydrogen-bond acceptors (Lipinski definition) is 7. The fraction of sp³-hybridized carbons (Fsp3) is 0.0909. The number of halogens is 3. The number of rotatable bonds is 6. The van der Waals surface area contributed by atoms with Gasteiger partial charge in [-0.25, -0.2) is 9.97 Å². The number of ether oxygens (including phenoxy) is 1. The molecule has 0 atom stereocenters. The molecule has 0 aliphatic carbocycles. The average Bonchev–Trinajstić information content (AvgIpc) is 2.78. The number of nitrogens with one attached hydrogen (secondary N) is 2. The van der Waals surface area contributed by atoms with Crippen molar-refractivity contribution in [2.75, 3.05) is 17.1 Å². The van der Waals surface area contributed by atoms with Gasteiger partial charge in [0.1, 0.15) is 12.1 Å². The van der Waals surface area contributed by atoms with Crippen molar-refractivity contribution in [3.8, 4) is 22.6 Å². The first-order chi connectivity index (χ1) is 16.1. The minimum absolute atomic E-state index is 0.00115. The molecule has 0 saturated carbocycles. The van der Waals surface area contributed by atoms with E-state index in [1.54, 1.807) is 30.3 Å². The Labute approximate surface area is 192 Å². The highest BCUT2D eigenvalue weighted by Crippen LogP contribution is 2.34. The third-order valence-corrected chi connectivity index (χ3v) is 5.94. The molecule has 3 N–H and O–H groups in total. The second kappa shape index (κ2) is 8.71. The maximum absolute atomic E-state index is 12.7. The van der Waals surface area contributed by atoms with E-state index in [0.717, 1.165) is 11.1 Å². The van der Waals surface area contributed by atoms with Crippen LogP contribution in [0.4, 0.5) is 30.4 Å². The molecule has 0 unspecified atom stereocenters. The molecule has 12 heteroatoms. The lowest BCUT2D eigenvalue weighted by Crippen LogP contribution is -2.29. The van der Waals surface area contributed by atoms with Gasteiger partial charge in [-0.2, -0.15) is 21.6 Å². The first kappa shape index (κ1) is 23.1. The van der Waals surface area contributed by atoms with Crippen LogP contribution in [-0.2, 0) is 10.0 Å². The molecule has 4 aromatic rings. The Morgan fingerprint density at radius 3 is 2.38 bits per heavy atom. The van der Waals surface area contributed by atoms with Crippen LogP contribution in [0.1, 0.15) is 0 Å². The van der Waals surface area contributed by atoms with Gasteiger partial charge in [0, 0.05) is 11.1 Å². The Morgan fingerprint density at radius 2 is 1.65 bits per heavy atom. The third-order valence-electron chi connectivity index (χ3n) is 4.83. The highest BCUT2D eigenvalue weighted by Gasteiger charge is 2.46. The Bertz CT molecular complexity index is 1480. The van der Waals surface area contributed by atoms with Crippen molar-refractivity contribution in [1.82, 2.24) is 9.97 Å². The predicted molar refractivity (Wildman–Crippen MR) is 122 cm³/mol. The Balaban J connectivity index is 1.69. The highest BCUT2D eigenvalue weighted by atomic mass is 32.2. The van der Waals surface area contributed by atoms with Crippen LogP contribution in [0, 0.1) is 0 Å². The fourth-order valence-corrected chi connectivity index (χ4v) is 3.76. The van der Waals surface area contributed by atoms with Gasteiger partial charge in [-0.1, -0.05) is 18.2 Å². The first-order valence-electron chi connectivity index (χ1n) is 9.66. The molecule has 176 valence electrons. The summed E-state index contributed by atoms with van der Waals surface area (Å²) in [6, 6.07) is 15.7. The van der Waals surface area contributed by atoms with Crippen LogP contribution in [0.2, 0.25) is 0 Å². The molecule has 0 aliphatic heterocycles. The number of anilines is 3. The summed E-state index contributed by atoms with van der Waals surface area (Å²) < 4.78 is 67.5. The number of nitrogens with zero attached hydrogens (tertiary/aromatic N) is 2. The molecule has 0 bridgehead atoms. The molecule has 3 aromatic carbocycles. The molecule has 4 rings (SSSR count). The number of fused-ring (bicyclic) bond motifs is 1. The van der Waals surface area contributed by atoms with Gasteiger partial charge in [0.2, 0.25) is 0 Å². The molecular weight excluding hydrogens is 473 g/mol. The van der Waals surface area contributed by atoms with Crippen molar-refractivity contribution in [2.45, 2.75) is 5.51 Å². The molecule has 1 heterocycles. The van der Waals surface area contributed by atoms with Gasteiger partial charge in [-0.15, -0.1) is 0 Å². The van der Waals surface area contributed by atoms with Gasteiger partial charge in [-0.3, -0.25) is 4.72 Å². The van der Waals surface area contributed by atoms with Crippen LogP contribution in [0.3, 0.4) is 0 Å². The van der Waals surface area contributed by atoms with Crippen LogP contribution >= 0.6 is 0 Å². The minimum Gasteiger partial charge on any atom is -0.504 e. The van der Waals surface area contributed by atoms with E-state index >= 15 is 0 Å². The van der Waals surface area contributed by atoms with Crippen LogP contribution < -0.4 is 14.8 Å². The Morgan fingerprint density at radius 1 is 0.941 bits per heavy atom. The van der Waals surface area contributed by atoms with E-state index < -0.39 is 15.5 Å². The summed E-state index contributed by atoms with van der Waals surface area (Å²) in [5.41, 5.74) is -3.27. The van der Waals surface area contributed by atoms with Crippen molar-refractivity contribution in [2.24, 2.45) is 0 Å². The largest absolute Gasteiger partial charge is 0.516 e. The zero-order valence-electron chi connectivity index (χ0n) is 17.5. The van der Waals surface area contributed by atoms with Gasteiger partial charge < -0.3 is 15.2 Å². The maximum atomic E-state index is 12.7. The highest BCUT2D eigenvalue weighted by molar-refractivity contribution is 7.93. The van der Waals surface area contributed by atoms with E-state index in [9.17, 15) is 26.7 Å². The number of phenolic OH excluding ortho intramolecular Hbond substituents is 1. The van der Waals surface area contributed by atoms with E-state index in [4.69, 9.17) is 4.74 Å². The summed E-state index contributed by atoms with van der Waals surface area (Å²) in [6.07, 6.45) is 1.32. The standard InChI is InChI=1S/C22H17F3N4O4S/c1-33-20-10-14(6-8-19(20)30)13-5-7-18-17(9-13)21(27-12-26-18)28-15-3-2-4-16(11-15)29-34(31,32)22(23,24)25/h2-12,29-30H,1H3,(H,26,27,28). The summed E-state index contributed by atoms with van der Waals surface area (Å²) in [7, 11) is -4.11. The number of methoxy groups -OCH3 is 1. The molecule has 0 aliphatic rings. The summed E-state index contributed by atoms with van der Waals surface area (Å²) in [5.74, 6) is 0.658. The molecule has 0 fully saturated rings. The molecule has 8 nitrogen and oxygen atoms in total. The SMILES string of the molecule is COc1cc(-c2ccc3ncnc(Nc4cccc(NS(=O)(=O)C(F)(F)F)c4)c3c2)ccc1O. The van der Waals surface area contributed by atoms with E-state index in [-0.39, 0.29) is 11.4 Å². The predicted octanol–water partition coefficient (Wildman–Crippen LogP) is 5.02. The number of sulfonamides is 1. The van der Waals surface area contributed by atoms with Gasteiger partial charge in [0.15, 0.2) is 11.5 Å². The van der Waals surface area contributed by atoms with E-state index in [1.807, 2.05) is 6.07 Å². The van der Waals surface area contributed by atoms with Crippen molar-refractivity contribution in [3.63, 3.8) is 0 Å². The van der Waals surface area contributed by atoms with Gasteiger partial charge >= 0.3 is 15.5 Å².